The number of pyridine rings is 1. The number of aromatic nitrogens is 1. The van der Waals surface area contributed by atoms with E-state index >= 15 is 0 Å². The summed E-state index contributed by atoms with van der Waals surface area (Å²) in [5.41, 5.74) is -0.182. The van der Waals surface area contributed by atoms with Crippen molar-refractivity contribution in [2.45, 2.75) is 33.2 Å². The van der Waals surface area contributed by atoms with E-state index in [9.17, 15) is 10.1 Å². The van der Waals surface area contributed by atoms with Crippen LogP contribution in [0.5, 0.6) is 0 Å². The molecule has 1 atom stereocenters. The number of rotatable bonds is 5. The van der Waals surface area contributed by atoms with Crippen molar-refractivity contribution in [3.63, 3.8) is 0 Å². The summed E-state index contributed by atoms with van der Waals surface area (Å²) in [6.07, 6.45) is 2.02. The Kier molecular flexibility index (Phi) is 4.61. The summed E-state index contributed by atoms with van der Waals surface area (Å²) < 4.78 is 0. The SMILES string of the molecule is CC(C)(C)C(CCO)Nc1ncccc1[N+](=O)[O-]. The van der Waals surface area contributed by atoms with E-state index in [1.54, 1.807) is 0 Å². The first-order valence-corrected chi connectivity index (χ1v) is 5.83. The van der Waals surface area contributed by atoms with Crippen LogP contribution in [-0.4, -0.2) is 27.7 Å². The van der Waals surface area contributed by atoms with Crippen molar-refractivity contribution in [3.8, 4) is 0 Å². The molecule has 18 heavy (non-hydrogen) atoms. The summed E-state index contributed by atoms with van der Waals surface area (Å²) in [4.78, 5) is 14.4. The maximum Gasteiger partial charge on any atom is 0.311 e. The highest BCUT2D eigenvalue weighted by Gasteiger charge is 2.26. The van der Waals surface area contributed by atoms with Gasteiger partial charge >= 0.3 is 5.69 Å². The van der Waals surface area contributed by atoms with Crippen molar-refractivity contribution in [2.75, 3.05) is 11.9 Å². The minimum Gasteiger partial charge on any atom is -0.396 e. The van der Waals surface area contributed by atoms with Crippen LogP contribution >= 0.6 is 0 Å². The molecule has 6 nitrogen and oxygen atoms in total. The molecule has 1 unspecified atom stereocenters. The quantitative estimate of drug-likeness (QED) is 0.620. The predicted molar refractivity (Wildman–Crippen MR) is 69.5 cm³/mol. The molecule has 0 fully saturated rings. The van der Waals surface area contributed by atoms with Gasteiger partial charge in [-0.1, -0.05) is 20.8 Å². The van der Waals surface area contributed by atoms with Crippen LogP contribution in [0, 0.1) is 15.5 Å². The Morgan fingerprint density at radius 3 is 2.72 bits per heavy atom. The number of aliphatic hydroxyl groups is 1. The van der Waals surface area contributed by atoms with Crippen LogP contribution in [0.1, 0.15) is 27.2 Å². The number of nitrogens with zero attached hydrogens (tertiary/aromatic N) is 2. The highest BCUT2D eigenvalue weighted by atomic mass is 16.6. The maximum atomic E-state index is 10.9. The monoisotopic (exact) mass is 253 g/mol. The molecule has 6 heteroatoms. The highest BCUT2D eigenvalue weighted by Crippen LogP contribution is 2.28. The van der Waals surface area contributed by atoms with E-state index < -0.39 is 4.92 Å². The molecule has 100 valence electrons. The molecule has 1 rings (SSSR count). The standard InChI is InChI=1S/C12H19N3O3/c1-12(2,3)10(6-8-16)14-11-9(15(17)18)5-4-7-13-11/h4-5,7,10,16H,6,8H2,1-3H3,(H,13,14). The van der Waals surface area contributed by atoms with Gasteiger partial charge in [0, 0.05) is 24.9 Å². The van der Waals surface area contributed by atoms with Gasteiger partial charge in [0.25, 0.3) is 0 Å². The topological polar surface area (TPSA) is 88.3 Å². The first-order chi connectivity index (χ1) is 8.36. The fraction of sp³-hybridized carbons (Fsp3) is 0.583. The lowest BCUT2D eigenvalue weighted by atomic mass is 9.85. The molecular weight excluding hydrogens is 234 g/mol. The fourth-order valence-electron chi connectivity index (χ4n) is 1.67. The average molecular weight is 253 g/mol. The van der Waals surface area contributed by atoms with Gasteiger partial charge in [-0.05, 0) is 17.9 Å². The molecule has 1 aromatic rings. The maximum absolute atomic E-state index is 10.9. The molecule has 0 bridgehead atoms. The van der Waals surface area contributed by atoms with E-state index in [0.717, 1.165) is 0 Å². The van der Waals surface area contributed by atoms with E-state index in [0.29, 0.717) is 6.42 Å². The normalized spacial score (nSPS) is 13.1. The van der Waals surface area contributed by atoms with Gasteiger partial charge in [-0.3, -0.25) is 10.1 Å². The zero-order chi connectivity index (χ0) is 13.8. The Morgan fingerprint density at radius 1 is 1.56 bits per heavy atom. The van der Waals surface area contributed by atoms with Gasteiger partial charge in [-0.15, -0.1) is 0 Å². The van der Waals surface area contributed by atoms with Crippen molar-refractivity contribution in [2.24, 2.45) is 5.41 Å². The summed E-state index contributed by atoms with van der Waals surface area (Å²) in [5, 5.41) is 23.0. The Morgan fingerprint density at radius 2 is 2.22 bits per heavy atom. The van der Waals surface area contributed by atoms with Crippen molar-refractivity contribution in [1.82, 2.24) is 4.98 Å². The Labute approximate surface area is 106 Å². The van der Waals surface area contributed by atoms with Crippen LogP contribution in [-0.2, 0) is 0 Å². The van der Waals surface area contributed by atoms with Crippen LogP contribution in [0.25, 0.3) is 0 Å². The highest BCUT2D eigenvalue weighted by molar-refractivity contribution is 5.55. The predicted octanol–water partition coefficient (Wildman–Crippen LogP) is 2.20. The number of nitrogens with one attached hydrogen (secondary N) is 1. The van der Waals surface area contributed by atoms with Gasteiger partial charge in [0.05, 0.1) is 4.92 Å². The molecule has 1 aromatic heterocycles. The number of hydrogen-bond acceptors (Lipinski definition) is 5. The van der Waals surface area contributed by atoms with Gasteiger partial charge in [0.15, 0.2) is 0 Å². The largest absolute Gasteiger partial charge is 0.396 e. The van der Waals surface area contributed by atoms with Crippen molar-refractivity contribution >= 4 is 11.5 Å². The van der Waals surface area contributed by atoms with Crippen LogP contribution < -0.4 is 5.32 Å². The molecule has 0 aliphatic carbocycles. The van der Waals surface area contributed by atoms with E-state index in [1.165, 1.54) is 18.3 Å². The second kappa shape index (κ2) is 5.77. The fourth-order valence-corrected chi connectivity index (χ4v) is 1.67. The molecule has 0 aliphatic rings. The number of anilines is 1. The lowest BCUT2D eigenvalue weighted by Gasteiger charge is -2.31. The van der Waals surface area contributed by atoms with Crippen molar-refractivity contribution in [3.05, 3.63) is 28.4 Å². The van der Waals surface area contributed by atoms with Crippen LogP contribution in [0.3, 0.4) is 0 Å². The van der Waals surface area contributed by atoms with Gasteiger partial charge in [-0.25, -0.2) is 4.98 Å². The Balaban J connectivity index is 2.97. The molecule has 2 N–H and O–H groups in total. The third-order valence-electron chi connectivity index (χ3n) is 2.76. The van der Waals surface area contributed by atoms with E-state index in [4.69, 9.17) is 5.11 Å². The third kappa shape index (κ3) is 3.66. The first kappa shape index (κ1) is 14.4. The van der Waals surface area contributed by atoms with Gasteiger partial charge in [0.1, 0.15) is 0 Å². The molecule has 0 radical (unpaired) electrons. The second-order valence-electron chi connectivity index (χ2n) is 5.20. The first-order valence-electron chi connectivity index (χ1n) is 5.83. The second-order valence-corrected chi connectivity index (χ2v) is 5.20. The zero-order valence-corrected chi connectivity index (χ0v) is 10.9. The Bertz CT molecular complexity index is 415. The molecule has 0 aromatic carbocycles. The van der Waals surface area contributed by atoms with Crippen molar-refractivity contribution < 1.29 is 10.0 Å². The lowest BCUT2D eigenvalue weighted by Crippen LogP contribution is -2.35. The Hall–Kier alpha value is -1.69. The van der Waals surface area contributed by atoms with Gasteiger partial charge in [0.2, 0.25) is 5.82 Å². The number of hydrogen-bond donors (Lipinski definition) is 2. The number of nitro groups is 1. The molecular formula is C12H19N3O3. The summed E-state index contributed by atoms with van der Waals surface area (Å²) in [7, 11) is 0. The summed E-state index contributed by atoms with van der Waals surface area (Å²) in [6, 6.07) is 2.85. The van der Waals surface area contributed by atoms with Gasteiger partial charge < -0.3 is 10.4 Å². The van der Waals surface area contributed by atoms with Crippen LogP contribution in [0.2, 0.25) is 0 Å². The minimum atomic E-state index is -0.464. The van der Waals surface area contributed by atoms with E-state index in [1.807, 2.05) is 20.8 Å². The molecule has 0 saturated heterocycles. The zero-order valence-electron chi connectivity index (χ0n) is 10.9. The van der Waals surface area contributed by atoms with Gasteiger partial charge in [-0.2, -0.15) is 0 Å². The van der Waals surface area contributed by atoms with E-state index in [-0.39, 0.29) is 29.6 Å². The molecule has 1 heterocycles. The van der Waals surface area contributed by atoms with Crippen LogP contribution in [0.4, 0.5) is 11.5 Å². The molecule has 0 aliphatic heterocycles. The number of aliphatic hydroxyl groups excluding tert-OH is 1. The van der Waals surface area contributed by atoms with Crippen molar-refractivity contribution in [1.29, 1.82) is 0 Å². The van der Waals surface area contributed by atoms with Crippen LogP contribution in [0.15, 0.2) is 18.3 Å². The molecule has 0 saturated carbocycles. The average Bonchev–Trinajstić information content (AvgIpc) is 2.27. The third-order valence-corrected chi connectivity index (χ3v) is 2.76. The van der Waals surface area contributed by atoms with E-state index in [2.05, 4.69) is 10.3 Å². The summed E-state index contributed by atoms with van der Waals surface area (Å²) in [6.45, 7) is 6.05. The summed E-state index contributed by atoms with van der Waals surface area (Å²) >= 11 is 0. The summed E-state index contributed by atoms with van der Waals surface area (Å²) in [5.74, 6) is 0.246. The molecule has 0 amide bonds. The minimum absolute atomic E-state index is 0.0234. The molecule has 0 spiro atoms. The lowest BCUT2D eigenvalue weighted by molar-refractivity contribution is -0.384. The smallest absolute Gasteiger partial charge is 0.311 e.